The Kier molecular flexibility index (Phi) is 5.82. The lowest BCUT2D eigenvalue weighted by Gasteiger charge is -2.03. The fourth-order valence-corrected chi connectivity index (χ4v) is 3.29. The van der Waals surface area contributed by atoms with Crippen LogP contribution in [0.1, 0.15) is 29.5 Å². The smallest absolute Gasteiger partial charge is 0.277 e. The summed E-state index contributed by atoms with van der Waals surface area (Å²) in [5.41, 5.74) is 2.05. The first-order valence-corrected chi connectivity index (χ1v) is 10.1. The van der Waals surface area contributed by atoms with Crippen molar-refractivity contribution < 1.29 is 13.6 Å². The molecule has 29 heavy (non-hydrogen) atoms. The molecular weight excluding hydrogens is 412 g/mol. The quantitative estimate of drug-likeness (QED) is 0.356. The largest absolute Gasteiger partial charge is 0.484 e. The minimum Gasteiger partial charge on any atom is -0.484 e. The lowest BCUT2D eigenvalue weighted by molar-refractivity contribution is 0.252. The number of hydrogen-bond donors (Lipinski definition) is 0. The number of thioether (sulfide) groups is 1. The van der Waals surface area contributed by atoms with E-state index in [1.54, 1.807) is 24.3 Å². The predicted molar refractivity (Wildman–Crippen MR) is 109 cm³/mol. The molecule has 0 fully saturated rings. The van der Waals surface area contributed by atoms with E-state index in [0.717, 1.165) is 5.56 Å². The standard InChI is InChI=1S/C20H17ClN4O3S/c1-12-3-5-14(6-4-12)19-24-23-18(28-19)13(2)29-20-25-22-17(27-20)11-26-16-9-7-15(21)8-10-16/h3-10,13H,11H2,1-2H3/t13-/m0/s1. The number of aryl methyl sites for hydroxylation is 1. The average Bonchev–Trinajstić information content (AvgIpc) is 3.38. The lowest BCUT2D eigenvalue weighted by Crippen LogP contribution is -1.95. The monoisotopic (exact) mass is 428 g/mol. The van der Waals surface area contributed by atoms with Crippen LogP contribution >= 0.6 is 23.4 Å². The fraction of sp³-hybridized carbons (Fsp3) is 0.200. The molecule has 0 amide bonds. The number of ether oxygens (including phenoxy) is 1. The molecule has 0 spiro atoms. The second-order valence-corrected chi connectivity index (χ2v) is 8.00. The highest BCUT2D eigenvalue weighted by Gasteiger charge is 2.19. The molecule has 0 aliphatic heterocycles. The molecule has 0 radical (unpaired) electrons. The molecule has 4 rings (SSSR count). The molecule has 9 heteroatoms. The maximum absolute atomic E-state index is 5.86. The molecule has 1 atom stereocenters. The Bertz CT molecular complexity index is 1080. The molecule has 0 saturated carbocycles. The topological polar surface area (TPSA) is 87.1 Å². The van der Waals surface area contributed by atoms with Crippen molar-refractivity contribution in [3.8, 4) is 17.2 Å². The van der Waals surface area contributed by atoms with Gasteiger partial charge in [-0.2, -0.15) is 0 Å². The van der Waals surface area contributed by atoms with Gasteiger partial charge in [0, 0.05) is 10.6 Å². The maximum Gasteiger partial charge on any atom is 0.277 e. The van der Waals surface area contributed by atoms with E-state index >= 15 is 0 Å². The Morgan fingerprint density at radius 1 is 0.966 bits per heavy atom. The van der Waals surface area contributed by atoms with Gasteiger partial charge in [0.1, 0.15) is 5.75 Å². The van der Waals surface area contributed by atoms with Crippen molar-refractivity contribution in [2.45, 2.75) is 30.9 Å². The Balaban J connectivity index is 1.36. The maximum atomic E-state index is 5.86. The number of nitrogens with zero attached hydrogens (tertiary/aromatic N) is 4. The van der Waals surface area contributed by atoms with E-state index in [-0.39, 0.29) is 11.9 Å². The van der Waals surface area contributed by atoms with Crippen molar-refractivity contribution >= 4 is 23.4 Å². The van der Waals surface area contributed by atoms with Crippen LogP contribution in [0.25, 0.3) is 11.5 Å². The Hall–Kier alpha value is -2.84. The zero-order valence-electron chi connectivity index (χ0n) is 15.7. The van der Waals surface area contributed by atoms with Crippen molar-refractivity contribution in [3.63, 3.8) is 0 Å². The van der Waals surface area contributed by atoms with Crippen LogP contribution in [0.3, 0.4) is 0 Å². The molecular formula is C20H17ClN4O3S. The molecule has 0 saturated heterocycles. The third kappa shape index (κ3) is 4.96. The summed E-state index contributed by atoms with van der Waals surface area (Å²) < 4.78 is 17.0. The first-order valence-electron chi connectivity index (χ1n) is 8.84. The lowest BCUT2D eigenvalue weighted by atomic mass is 10.1. The van der Waals surface area contributed by atoms with Crippen molar-refractivity contribution in [2.24, 2.45) is 0 Å². The zero-order valence-corrected chi connectivity index (χ0v) is 17.3. The van der Waals surface area contributed by atoms with Gasteiger partial charge in [-0.3, -0.25) is 0 Å². The summed E-state index contributed by atoms with van der Waals surface area (Å²) in [5, 5.41) is 17.2. The van der Waals surface area contributed by atoms with Crippen LogP contribution < -0.4 is 4.74 Å². The van der Waals surface area contributed by atoms with Gasteiger partial charge in [0.05, 0.1) is 5.25 Å². The second kappa shape index (κ2) is 8.67. The van der Waals surface area contributed by atoms with E-state index in [1.165, 1.54) is 17.3 Å². The predicted octanol–water partition coefficient (Wildman–Crippen LogP) is 5.51. The van der Waals surface area contributed by atoms with E-state index in [1.807, 2.05) is 38.1 Å². The fourth-order valence-electron chi connectivity index (χ4n) is 2.43. The molecule has 2 aromatic carbocycles. The molecule has 0 aliphatic carbocycles. The van der Waals surface area contributed by atoms with Gasteiger partial charge in [-0.25, -0.2) is 0 Å². The highest BCUT2D eigenvalue weighted by Crippen LogP contribution is 2.34. The van der Waals surface area contributed by atoms with Crippen molar-refractivity contribution in [1.29, 1.82) is 0 Å². The Morgan fingerprint density at radius 3 is 2.48 bits per heavy atom. The summed E-state index contributed by atoms with van der Waals surface area (Å²) in [4.78, 5) is 0. The number of hydrogen-bond acceptors (Lipinski definition) is 8. The molecule has 7 nitrogen and oxygen atoms in total. The van der Waals surface area contributed by atoms with Gasteiger partial charge in [0.2, 0.25) is 11.8 Å². The highest BCUT2D eigenvalue weighted by atomic mass is 35.5. The van der Waals surface area contributed by atoms with Crippen molar-refractivity contribution in [3.05, 3.63) is 70.9 Å². The molecule has 4 aromatic rings. The minimum absolute atomic E-state index is 0.146. The number of rotatable bonds is 7. The molecule has 2 heterocycles. The first kappa shape index (κ1) is 19.5. The summed E-state index contributed by atoms with van der Waals surface area (Å²) >= 11 is 7.20. The van der Waals surface area contributed by atoms with Gasteiger partial charge in [0.25, 0.3) is 11.1 Å². The Morgan fingerprint density at radius 2 is 1.72 bits per heavy atom. The van der Waals surface area contributed by atoms with Gasteiger partial charge in [-0.05, 0) is 50.2 Å². The second-order valence-electron chi connectivity index (χ2n) is 6.28. The minimum atomic E-state index is -0.146. The SMILES string of the molecule is Cc1ccc(-c2nnc([C@H](C)Sc3nnc(COc4ccc(Cl)cc4)o3)o2)cc1. The molecule has 0 aliphatic rings. The summed E-state index contributed by atoms with van der Waals surface area (Å²) in [6, 6.07) is 15.0. The molecule has 0 bridgehead atoms. The number of aromatic nitrogens is 4. The Labute approximate surface area is 176 Å². The van der Waals surface area contributed by atoms with Crippen LogP contribution in [0.2, 0.25) is 5.02 Å². The van der Waals surface area contributed by atoms with Crippen molar-refractivity contribution in [1.82, 2.24) is 20.4 Å². The van der Waals surface area contributed by atoms with Crippen LogP contribution in [0, 0.1) is 6.92 Å². The molecule has 2 aromatic heterocycles. The van der Waals surface area contributed by atoms with E-state index in [9.17, 15) is 0 Å². The van der Waals surface area contributed by atoms with E-state index < -0.39 is 0 Å². The normalized spacial score (nSPS) is 12.1. The summed E-state index contributed by atoms with van der Waals surface area (Å²) in [6.45, 7) is 4.13. The van der Waals surface area contributed by atoms with Crippen molar-refractivity contribution in [2.75, 3.05) is 0 Å². The summed E-state index contributed by atoms with van der Waals surface area (Å²) in [5.74, 6) is 2.02. The van der Waals surface area contributed by atoms with Gasteiger partial charge in [-0.15, -0.1) is 20.4 Å². The highest BCUT2D eigenvalue weighted by molar-refractivity contribution is 7.99. The molecule has 148 valence electrons. The van der Waals surface area contributed by atoms with Gasteiger partial charge >= 0.3 is 0 Å². The zero-order chi connectivity index (χ0) is 20.2. The summed E-state index contributed by atoms with van der Waals surface area (Å²) in [6.07, 6.45) is 0. The van der Waals surface area contributed by atoms with Crippen LogP contribution in [-0.2, 0) is 6.61 Å². The third-order valence-corrected chi connectivity index (χ3v) is 5.16. The number of benzene rings is 2. The van der Waals surface area contributed by atoms with E-state index in [0.29, 0.717) is 33.7 Å². The van der Waals surface area contributed by atoms with Gasteiger partial charge in [0.15, 0.2) is 6.61 Å². The average molecular weight is 429 g/mol. The third-order valence-electron chi connectivity index (χ3n) is 3.99. The van der Waals surface area contributed by atoms with Gasteiger partial charge < -0.3 is 13.6 Å². The van der Waals surface area contributed by atoms with Gasteiger partial charge in [-0.1, -0.05) is 41.1 Å². The van der Waals surface area contributed by atoms with E-state index in [2.05, 4.69) is 20.4 Å². The van der Waals surface area contributed by atoms with Crippen LogP contribution in [0.5, 0.6) is 5.75 Å². The van der Waals surface area contributed by atoms with Crippen LogP contribution in [0.4, 0.5) is 0 Å². The molecule has 0 unspecified atom stereocenters. The number of halogens is 1. The van der Waals surface area contributed by atoms with E-state index in [4.69, 9.17) is 25.2 Å². The summed E-state index contributed by atoms with van der Waals surface area (Å²) in [7, 11) is 0. The first-order chi connectivity index (χ1) is 14.1. The van der Waals surface area contributed by atoms with Crippen LogP contribution in [-0.4, -0.2) is 20.4 Å². The van der Waals surface area contributed by atoms with Crippen LogP contribution in [0.15, 0.2) is 62.6 Å². The molecule has 0 N–H and O–H groups in total.